The molecule has 0 aliphatic carbocycles. The zero-order chi connectivity index (χ0) is 15.6. The summed E-state index contributed by atoms with van der Waals surface area (Å²) >= 11 is 16.0. The highest BCUT2D eigenvalue weighted by molar-refractivity contribution is 6.33. The van der Waals surface area contributed by atoms with Crippen LogP contribution in [-0.4, -0.2) is 39.1 Å². The third-order valence-corrected chi connectivity index (χ3v) is 4.52. The van der Waals surface area contributed by atoms with Crippen LogP contribution >= 0.6 is 34.8 Å². The summed E-state index contributed by atoms with van der Waals surface area (Å²) in [7, 11) is 2.11. The van der Waals surface area contributed by atoms with Gasteiger partial charge in [0.15, 0.2) is 0 Å². The Balaban J connectivity index is 0.000000204. The van der Waals surface area contributed by atoms with Crippen molar-refractivity contribution in [3.05, 3.63) is 15.9 Å². The topological polar surface area (TPSA) is 67.9 Å². The van der Waals surface area contributed by atoms with Crippen LogP contribution in [0.5, 0.6) is 0 Å². The number of rotatable bonds is 0. The maximum atomic E-state index is 6.22. The van der Waals surface area contributed by atoms with Gasteiger partial charge in [0.2, 0.25) is 15.9 Å². The summed E-state index contributed by atoms with van der Waals surface area (Å²) in [6.07, 6.45) is 2.51. The summed E-state index contributed by atoms with van der Waals surface area (Å²) in [4.78, 5) is 12.6. The number of hydrogen-bond acceptors (Lipinski definition) is 5. The lowest BCUT2D eigenvalue weighted by Crippen LogP contribution is -2.63. The first-order chi connectivity index (χ1) is 9.06. The predicted octanol–water partition coefficient (Wildman–Crippen LogP) is 3.24. The van der Waals surface area contributed by atoms with E-state index in [1.165, 1.54) is 12.8 Å². The number of piperidine rings is 1. The number of aromatic nitrogens is 3. The summed E-state index contributed by atoms with van der Waals surface area (Å²) < 4.78 is 0. The Morgan fingerprint density at radius 1 is 1.00 bits per heavy atom. The third-order valence-electron chi connectivity index (χ3n) is 4.01. The first kappa shape index (κ1) is 17.9. The van der Waals surface area contributed by atoms with Crippen LogP contribution < -0.4 is 5.73 Å². The van der Waals surface area contributed by atoms with Crippen LogP contribution in [-0.2, 0) is 0 Å². The first-order valence-electron chi connectivity index (χ1n) is 6.29. The highest BCUT2D eigenvalue weighted by atomic mass is 35.5. The average Bonchev–Trinajstić information content (AvgIpc) is 2.25. The van der Waals surface area contributed by atoms with Crippen molar-refractivity contribution in [1.29, 1.82) is 0 Å². The van der Waals surface area contributed by atoms with Crippen LogP contribution in [0.15, 0.2) is 0 Å². The summed E-state index contributed by atoms with van der Waals surface area (Å²) in [5.41, 5.74) is 6.34. The van der Waals surface area contributed by atoms with Crippen molar-refractivity contribution in [1.82, 2.24) is 19.9 Å². The van der Waals surface area contributed by atoms with Gasteiger partial charge in [0.05, 0.1) is 5.66 Å². The summed E-state index contributed by atoms with van der Waals surface area (Å²) in [5, 5.41) is 0.00000000000000178. The van der Waals surface area contributed by atoms with Crippen molar-refractivity contribution in [3.63, 3.8) is 0 Å². The molecule has 1 aromatic heterocycles. The second-order valence-electron chi connectivity index (χ2n) is 5.70. The lowest BCUT2D eigenvalue weighted by atomic mass is 9.73. The van der Waals surface area contributed by atoms with Crippen molar-refractivity contribution in [2.75, 3.05) is 13.6 Å². The molecule has 8 heteroatoms. The normalized spacial score (nSPS) is 25.8. The molecule has 1 aliphatic heterocycles. The van der Waals surface area contributed by atoms with Gasteiger partial charge >= 0.3 is 0 Å². The molecule has 2 N–H and O–H groups in total. The van der Waals surface area contributed by atoms with E-state index in [4.69, 9.17) is 40.5 Å². The molecule has 1 aromatic rings. The van der Waals surface area contributed by atoms with E-state index >= 15 is 0 Å². The van der Waals surface area contributed by atoms with E-state index in [2.05, 4.69) is 47.7 Å². The molecular weight excluding hydrogens is 321 g/mol. The highest BCUT2D eigenvalue weighted by Gasteiger charge is 2.43. The van der Waals surface area contributed by atoms with E-state index in [0.29, 0.717) is 0 Å². The van der Waals surface area contributed by atoms with Gasteiger partial charge in [-0.1, -0.05) is 13.8 Å². The smallest absolute Gasteiger partial charge is 0.227 e. The maximum Gasteiger partial charge on any atom is 0.227 e. The Hall–Kier alpha value is -0.200. The molecule has 0 spiro atoms. The van der Waals surface area contributed by atoms with Gasteiger partial charge in [-0.05, 0) is 73.6 Å². The van der Waals surface area contributed by atoms with E-state index in [1.54, 1.807) is 0 Å². The standard InChI is InChI=1S/C9H20N2.C3Cl3N3/c1-8(2)6-5-7-11(4)9(8,3)10;4-1-7-2(5)9-3(6)8-1/h5-7,10H2,1-4H3;. The van der Waals surface area contributed by atoms with Crippen LogP contribution in [0.3, 0.4) is 0 Å². The molecule has 1 atom stereocenters. The molecule has 1 unspecified atom stereocenters. The summed E-state index contributed by atoms with van der Waals surface area (Å²) in [6, 6.07) is 0. The highest BCUT2D eigenvalue weighted by Crippen LogP contribution is 2.38. The van der Waals surface area contributed by atoms with Crippen molar-refractivity contribution >= 4 is 34.8 Å². The molecule has 20 heavy (non-hydrogen) atoms. The van der Waals surface area contributed by atoms with Crippen molar-refractivity contribution in [2.24, 2.45) is 11.1 Å². The van der Waals surface area contributed by atoms with Crippen LogP contribution in [0.25, 0.3) is 0 Å². The second kappa shape index (κ2) is 6.71. The second-order valence-corrected chi connectivity index (χ2v) is 6.71. The van der Waals surface area contributed by atoms with Crippen LogP contribution in [0.1, 0.15) is 33.6 Å². The third kappa shape index (κ3) is 4.40. The van der Waals surface area contributed by atoms with Gasteiger partial charge in [0, 0.05) is 0 Å². The molecule has 1 saturated heterocycles. The summed E-state index contributed by atoms with van der Waals surface area (Å²) in [6.45, 7) is 7.77. The number of halogens is 3. The monoisotopic (exact) mass is 339 g/mol. The van der Waals surface area contributed by atoms with Gasteiger partial charge in [-0.15, -0.1) is 0 Å². The van der Waals surface area contributed by atoms with Gasteiger partial charge in [-0.25, -0.2) is 0 Å². The molecule has 0 amide bonds. The van der Waals surface area contributed by atoms with Gasteiger partial charge in [0.25, 0.3) is 0 Å². The fourth-order valence-corrected chi connectivity index (χ4v) is 2.67. The molecular formula is C12H20Cl3N5. The molecule has 0 aromatic carbocycles. The lowest BCUT2D eigenvalue weighted by molar-refractivity contribution is -0.0218. The maximum absolute atomic E-state index is 6.22. The number of nitrogens with two attached hydrogens (primary N) is 1. The number of nitrogens with zero attached hydrogens (tertiary/aromatic N) is 4. The van der Waals surface area contributed by atoms with Crippen LogP contribution in [0.2, 0.25) is 15.9 Å². The Labute approximate surface area is 134 Å². The molecule has 1 fully saturated rings. The zero-order valence-corrected chi connectivity index (χ0v) is 14.4. The molecule has 114 valence electrons. The Morgan fingerprint density at radius 2 is 1.40 bits per heavy atom. The van der Waals surface area contributed by atoms with Crippen molar-refractivity contribution in [3.8, 4) is 0 Å². The Kier molecular flexibility index (Phi) is 5.99. The van der Waals surface area contributed by atoms with Gasteiger partial charge < -0.3 is 5.73 Å². The SMILES string of the molecule is CN1CCCC(C)(C)C1(C)N.Clc1nc(Cl)nc(Cl)n1. The van der Waals surface area contributed by atoms with Gasteiger partial charge in [-0.2, -0.15) is 15.0 Å². The van der Waals surface area contributed by atoms with Crippen LogP contribution in [0.4, 0.5) is 0 Å². The largest absolute Gasteiger partial charge is 0.313 e. The zero-order valence-electron chi connectivity index (χ0n) is 12.1. The average molecular weight is 341 g/mol. The van der Waals surface area contributed by atoms with Gasteiger partial charge in [0.1, 0.15) is 0 Å². The molecule has 0 saturated carbocycles. The van der Waals surface area contributed by atoms with E-state index < -0.39 is 0 Å². The van der Waals surface area contributed by atoms with Gasteiger partial charge in [-0.3, -0.25) is 4.90 Å². The minimum atomic E-state index is -0.134. The van der Waals surface area contributed by atoms with Crippen molar-refractivity contribution in [2.45, 2.75) is 39.3 Å². The molecule has 1 aliphatic rings. The first-order valence-corrected chi connectivity index (χ1v) is 7.42. The Morgan fingerprint density at radius 3 is 1.70 bits per heavy atom. The number of hydrogen-bond donors (Lipinski definition) is 1. The number of likely N-dealkylation sites (tertiary alicyclic amines) is 1. The molecule has 5 nitrogen and oxygen atoms in total. The quantitative estimate of drug-likeness (QED) is 0.785. The van der Waals surface area contributed by atoms with Crippen LogP contribution in [0, 0.1) is 5.41 Å². The fraction of sp³-hybridized carbons (Fsp3) is 0.750. The fourth-order valence-electron chi connectivity index (χ4n) is 2.06. The van der Waals surface area contributed by atoms with E-state index in [1.807, 2.05) is 0 Å². The van der Waals surface area contributed by atoms with E-state index in [-0.39, 0.29) is 26.9 Å². The predicted molar refractivity (Wildman–Crippen MR) is 83.1 cm³/mol. The Bertz CT molecular complexity index is 414. The lowest BCUT2D eigenvalue weighted by Gasteiger charge is -2.51. The molecule has 2 rings (SSSR count). The van der Waals surface area contributed by atoms with E-state index in [9.17, 15) is 0 Å². The van der Waals surface area contributed by atoms with E-state index in [0.717, 1.165) is 6.54 Å². The van der Waals surface area contributed by atoms with Crippen molar-refractivity contribution < 1.29 is 0 Å². The molecule has 0 bridgehead atoms. The summed E-state index contributed by atoms with van der Waals surface area (Å²) in [5.74, 6) is 0. The molecule has 2 heterocycles. The minimum absolute atomic E-state index is 0.000000000000000444. The minimum Gasteiger partial charge on any atom is -0.313 e. The molecule has 0 radical (unpaired) electrons.